The summed E-state index contributed by atoms with van der Waals surface area (Å²) in [4.78, 5) is 0. The van der Waals surface area contributed by atoms with Crippen molar-refractivity contribution in [3.63, 3.8) is 0 Å². The van der Waals surface area contributed by atoms with Gasteiger partial charge in [0.05, 0.1) is 12.6 Å². The second-order valence-corrected chi connectivity index (χ2v) is 2.76. The molecule has 1 atom stereocenters. The fourth-order valence-electron chi connectivity index (χ4n) is 0.994. The quantitative estimate of drug-likeness (QED) is 0.824. The second kappa shape index (κ2) is 5.90. The lowest BCUT2D eigenvalue weighted by Crippen LogP contribution is -2.14. The van der Waals surface area contributed by atoms with Crippen LogP contribution in [0.15, 0.2) is 24.3 Å². The van der Waals surface area contributed by atoms with Crippen molar-refractivity contribution in [1.29, 1.82) is 0 Å². The number of hydrogen-bond donors (Lipinski definition) is 2. The average Bonchev–Trinajstić information content (AvgIpc) is 2.17. The normalized spacial score (nSPS) is 12.4. The highest BCUT2D eigenvalue weighted by Crippen LogP contribution is 2.20. The number of benzene rings is 1. The van der Waals surface area contributed by atoms with Crippen LogP contribution in [-0.4, -0.2) is 11.7 Å². The van der Waals surface area contributed by atoms with Crippen LogP contribution in [0.5, 0.6) is 0 Å². The average molecular weight is 224 g/mol. The van der Waals surface area contributed by atoms with E-state index in [1.165, 1.54) is 24.3 Å². The lowest BCUT2D eigenvalue weighted by atomic mass is 10.1. The molecule has 0 saturated carbocycles. The topological polar surface area (TPSA) is 46.2 Å². The molecular weight excluding hydrogens is 212 g/mol. The van der Waals surface area contributed by atoms with Crippen molar-refractivity contribution in [3.05, 3.63) is 35.4 Å². The highest BCUT2D eigenvalue weighted by atomic mass is 35.5. The first-order chi connectivity index (χ1) is 6.15. The molecule has 3 N–H and O–H groups in total. The standard InChI is InChI=1S/C9H11F2NO.ClH/c10-9(11)7-3-1-6(2-4-7)8(12)5-13;/h1-4,8-9,13H,5,12H2;1H. The number of aliphatic hydroxyl groups is 1. The van der Waals surface area contributed by atoms with Crippen molar-refractivity contribution in [2.24, 2.45) is 5.73 Å². The Bertz CT molecular complexity index is 266. The molecule has 2 nitrogen and oxygen atoms in total. The van der Waals surface area contributed by atoms with Crippen LogP contribution < -0.4 is 5.73 Å². The monoisotopic (exact) mass is 223 g/mol. The van der Waals surface area contributed by atoms with E-state index in [1.807, 2.05) is 0 Å². The van der Waals surface area contributed by atoms with Crippen LogP contribution in [0.4, 0.5) is 8.78 Å². The Kier molecular flexibility index (Phi) is 5.60. The molecule has 0 aliphatic carbocycles. The summed E-state index contributed by atoms with van der Waals surface area (Å²) in [7, 11) is 0. The molecule has 0 heterocycles. The highest BCUT2D eigenvalue weighted by Gasteiger charge is 2.08. The maximum Gasteiger partial charge on any atom is 0.263 e. The van der Waals surface area contributed by atoms with Gasteiger partial charge in [-0.1, -0.05) is 24.3 Å². The van der Waals surface area contributed by atoms with E-state index in [-0.39, 0.29) is 24.6 Å². The van der Waals surface area contributed by atoms with Crippen molar-refractivity contribution < 1.29 is 13.9 Å². The van der Waals surface area contributed by atoms with Gasteiger partial charge < -0.3 is 10.8 Å². The van der Waals surface area contributed by atoms with Crippen molar-refractivity contribution >= 4 is 12.4 Å². The molecule has 0 bridgehead atoms. The van der Waals surface area contributed by atoms with Gasteiger partial charge in [-0.3, -0.25) is 0 Å². The zero-order valence-corrected chi connectivity index (χ0v) is 8.18. The van der Waals surface area contributed by atoms with E-state index in [9.17, 15) is 8.78 Å². The van der Waals surface area contributed by atoms with Gasteiger partial charge in [0.2, 0.25) is 0 Å². The van der Waals surface area contributed by atoms with Gasteiger partial charge in [0.1, 0.15) is 0 Å². The van der Waals surface area contributed by atoms with Gasteiger partial charge in [-0.05, 0) is 5.56 Å². The zero-order chi connectivity index (χ0) is 9.84. The summed E-state index contributed by atoms with van der Waals surface area (Å²) in [5.41, 5.74) is 6.11. The van der Waals surface area contributed by atoms with Crippen LogP contribution >= 0.6 is 12.4 Å². The number of alkyl halides is 2. The molecule has 1 unspecified atom stereocenters. The summed E-state index contributed by atoms with van der Waals surface area (Å²) in [6, 6.07) is 5.14. The third-order valence-electron chi connectivity index (χ3n) is 1.81. The first-order valence-corrected chi connectivity index (χ1v) is 3.89. The van der Waals surface area contributed by atoms with E-state index >= 15 is 0 Å². The molecule has 0 fully saturated rings. The van der Waals surface area contributed by atoms with Crippen LogP contribution in [-0.2, 0) is 0 Å². The maximum atomic E-state index is 12.1. The molecule has 0 radical (unpaired) electrons. The predicted octanol–water partition coefficient (Wildman–Crippen LogP) is 2.04. The van der Waals surface area contributed by atoms with Crippen LogP contribution in [0.3, 0.4) is 0 Å². The summed E-state index contributed by atoms with van der Waals surface area (Å²) in [5, 5.41) is 8.69. The fourth-order valence-corrected chi connectivity index (χ4v) is 0.994. The zero-order valence-electron chi connectivity index (χ0n) is 7.36. The lowest BCUT2D eigenvalue weighted by molar-refractivity contribution is 0.151. The fraction of sp³-hybridized carbons (Fsp3) is 0.333. The molecule has 0 aliphatic rings. The van der Waals surface area contributed by atoms with Crippen molar-refractivity contribution in [2.75, 3.05) is 6.61 Å². The van der Waals surface area contributed by atoms with Gasteiger partial charge in [0.25, 0.3) is 6.43 Å². The van der Waals surface area contributed by atoms with Gasteiger partial charge in [0.15, 0.2) is 0 Å². The Morgan fingerprint density at radius 1 is 1.14 bits per heavy atom. The Balaban J connectivity index is 0.00000169. The number of rotatable bonds is 3. The first kappa shape index (κ1) is 13.3. The molecule has 0 amide bonds. The Morgan fingerprint density at radius 3 is 1.93 bits per heavy atom. The van der Waals surface area contributed by atoms with Crippen LogP contribution in [0, 0.1) is 0 Å². The second-order valence-electron chi connectivity index (χ2n) is 2.76. The molecule has 80 valence electrons. The molecule has 0 aliphatic heterocycles. The van der Waals surface area contributed by atoms with Crippen molar-refractivity contribution in [3.8, 4) is 0 Å². The SMILES string of the molecule is Cl.NC(CO)c1ccc(C(F)F)cc1. The minimum atomic E-state index is -2.46. The summed E-state index contributed by atoms with van der Waals surface area (Å²) in [6.45, 7) is -0.186. The molecule has 1 rings (SSSR count). The Morgan fingerprint density at radius 2 is 1.57 bits per heavy atom. The van der Waals surface area contributed by atoms with Crippen LogP contribution in [0.1, 0.15) is 23.6 Å². The lowest BCUT2D eigenvalue weighted by Gasteiger charge is -2.08. The molecule has 1 aromatic rings. The minimum Gasteiger partial charge on any atom is -0.394 e. The number of hydrogen-bond acceptors (Lipinski definition) is 2. The van der Waals surface area contributed by atoms with Gasteiger partial charge in [-0.15, -0.1) is 12.4 Å². The Labute approximate surface area is 87.1 Å². The summed E-state index contributed by atoms with van der Waals surface area (Å²) < 4.78 is 24.2. The number of nitrogens with two attached hydrogens (primary N) is 1. The van der Waals surface area contributed by atoms with E-state index in [0.29, 0.717) is 5.56 Å². The van der Waals surface area contributed by atoms with Crippen molar-refractivity contribution in [1.82, 2.24) is 0 Å². The molecule has 0 aromatic heterocycles. The Hall–Kier alpha value is -0.710. The molecule has 0 spiro atoms. The molecule has 0 saturated heterocycles. The van der Waals surface area contributed by atoms with E-state index in [2.05, 4.69) is 0 Å². The van der Waals surface area contributed by atoms with Gasteiger partial charge in [-0.2, -0.15) is 0 Å². The van der Waals surface area contributed by atoms with E-state index in [1.54, 1.807) is 0 Å². The van der Waals surface area contributed by atoms with Crippen LogP contribution in [0.2, 0.25) is 0 Å². The van der Waals surface area contributed by atoms with Crippen LogP contribution in [0.25, 0.3) is 0 Å². The minimum absolute atomic E-state index is 0. The number of aliphatic hydroxyl groups excluding tert-OH is 1. The third-order valence-corrected chi connectivity index (χ3v) is 1.81. The summed E-state index contributed by atoms with van der Waals surface area (Å²) >= 11 is 0. The highest BCUT2D eigenvalue weighted by molar-refractivity contribution is 5.85. The molecule has 1 aromatic carbocycles. The van der Waals surface area contributed by atoms with Crippen molar-refractivity contribution in [2.45, 2.75) is 12.5 Å². The van der Waals surface area contributed by atoms with Gasteiger partial charge in [0, 0.05) is 5.56 Å². The van der Waals surface area contributed by atoms with Gasteiger partial charge in [-0.25, -0.2) is 8.78 Å². The van der Waals surface area contributed by atoms with E-state index in [0.717, 1.165) is 0 Å². The first-order valence-electron chi connectivity index (χ1n) is 3.89. The third kappa shape index (κ3) is 3.21. The van der Waals surface area contributed by atoms with Gasteiger partial charge >= 0.3 is 0 Å². The maximum absolute atomic E-state index is 12.1. The largest absolute Gasteiger partial charge is 0.394 e. The molecule has 5 heteroatoms. The summed E-state index contributed by atoms with van der Waals surface area (Å²) in [6.07, 6.45) is -2.46. The van der Waals surface area contributed by atoms with E-state index < -0.39 is 12.5 Å². The predicted molar refractivity (Wildman–Crippen MR) is 52.7 cm³/mol. The van der Waals surface area contributed by atoms with E-state index in [4.69, 9.17) is 10.8 Å². The molecule has 14 heavy (non-hydrogen) atoms. The number of halogens is 3. The smallest absolute Gasteiger partial charge is 0.263 e. The molecular formula is C9H12ClF2NO. The summed E-state index contributed by atoms with van der Waals surface area (Å²) in [5.74, 6) is 0.